The average molecular weight is 538 g/mol. The monoisotopic (exact) mass is 535 g/mol. The van der Waals surface area contributed by atoms with Crippen LogP contribution in [0, 0.1) is 0 Å². The molecule has 29 heavy (non-hydrogen) atoms. The fourth-order valence-electron chi connectivity index (χ4n) is 2.29. The Bertz CT molecular complexity index is 899. The number of aliphatic carboxylic acids is 1. The lowest BCUT2D eigenvalue weighted by Crippen LogP contribution is -2.37. The normalized spacial score (nSPS) is 18.9. The maximum atomic E-state index is 11.7. The number of carbonyl (C=O) groups is 1. The second kappa shape index (κ2) is 8.36. The molecule has 13 heteroatoms. The van der Waals surface area contributed by atoms with E-state index in [2.05, 4.69) is 15.0 Å². The zero-order chi connectivity index (χ0) is 21.6. The van der Waals surface area contributed by atoms with Crippen LogP contribution in [0.1, 0.15) is 18.6 Å². The second-order valence-corrected chi connectivity index (χ2v) is 12.2. The Morgan fingerprint density at radius 3 is 1.90 bits per heavy atom. The van der Waals surface area contributed by atoms with Crippen molar-refractivity contribution in [3.63, 3.8) is 0 Å². The van der Waals surface area contributed by atoms with Gasteiger partial charge in [0.1, 0.15) is 10.9 Å². The highest BCUT2D eigenvalue weighted by molar-refractivity contribution is 8.01. The molecule has 0 spiro atoms. The van der Waals surface area contributed by atoms with Gasteiger partial charge in [0.05, 0.1) is 6.61 Å². The van der Waals surface area contributed by atoms with Gasteiger partial charge in [-0.2, -0.15) is 0 Å². The van der Waals surface area contributed by atoms with Crippen molar-refractivity contribution in [2.75, 3.05) is 6.61 Å². The average Bonchev–Trinajstić information content (AvgIpc) is 3.46. The second-order valence-electron chi connectivity index (χ2n) is 6.16. The molecule has 0 radical (unpaired) electrons. The molecule has 0 aliphatic carbocycles. The molecule has 1 fully saturated rings. The lowest BCUT2D eigenvalue weighted by Gasteiger charge is -2.22. The first kappa shape index (κ1) is 23.4. The number of ether oxygens (including phenoxy) is 1. The van der Waals surface area contributed by atoms with E-state index in [9.17, 15) is 9.90 Å². The van der Waals surface area contributed by atoms with Crippen molar-refractivity contribution in [1.29, 1.82) is 0 Å². The first-order chi connectivity index (χ1) is 13.3. The summed E-state index contributed by atoms with van der Waals surface area (Å²) in [5.74, 6) is -1.22. The smallest absolute Gasteiger partial charge is 0.322 e. The third kappa shape index (κ3) is 5.52. The van der Waals surface area contributed by atoms with E-state index in [0.717, 1.165) is 0 Å². The van der Waals surface area contributed by atoms with Gasteiger partial charge in [-0.25, -0.2) is 15.0 Å². The molecule has 2 atom stereocenters. The van der Waals surface area contributed by atoms with Crippen LogP contribution in [-0.4, -0.2) is 43.5 Å². The van der Waals surface area contributed by atoms with Gasteiger partial charge >= 0.3 is 5.97 Å². The van der Waals surface area contributed by atoms with Crippen LogP contribution in [-0.2, 0) is 17.1 Å². The SMILES string of the molecule is CC(Sc1ccc(-c2nc(C(Cl)(Cl)Cl)nc(C(Cl)(Cl)Cl)n2)cc1)(C(=O)O)C1CO1. The van der Waals surface area contributed by atoms with Crippen molar-refractivity contribution in [3.05, 3.63) is 35.9 Å². The number of alkyl halides is 6. The van der Waals surface area contributed by atoms with Gasteiger partial charge in [-0.05, 0) is 19.1 Å². The Labute approximate surface area is 200 Å². The van der Waals surface area contributed by atoms with Gasteiger partial charge in [0.15, 0.2) is 17.5 Å². The predicted molar refractivity (Wildman–Crippen MR) is 115 cm³/mol. The van der Waals surface area contributed by atoms with E-state index in [1.807, 2.05) is 0 Å². The van der Waals surface area contributed by atoms with Crippen molar-refractivity contribution in [2.45, 2.75) is 30.3 Å². The molecule has 0 bridgehead atoms. The van der Waals surface area contributed by atoms with Gasteiger partial charge in [-0.15, -0.1) is 11.8 Å². The summed E-state index contributed by atoms with van der Waals surface area (Å²) in [6.07, 6.45) is -0.341. The van der Waals surface area contributed by atoms with Gasteiger partial charge in [-0.3, -0.25) is 4.79 Å². The minimum absolute atomic E-state index is 0.130. The van der Waals surface area contributed by atoms with E-state index >= 15 is 0 Å². The summed E-state index contributed by atoms with van der Waals surface area (Å²) in [5, 5.41) is 9.55. The molecule has 0 saturated carbocycles. The summed E-state index contributed by atoms with van der Waals surface area (Å²) >= 11 is 36.5. The molecular weight excluding hydrogens is 527 g/mol. The molecule has 1 aliphatic heterocycles. The van der Waals surface area contributed by atoms with E-state index in [1.165, 1.54) is 11.8 Å². The minimum Gasteiger partial charge on any atom is -0.480 e. The van der Waals surface area contributed by atoms with Crippen LogP contribution in [0.2, 0.25) is 0 Å². The maximum absolute atomic E-state index is 11.7. The van der Waals surface area contributed by atoms with E-state index in [4.69, 9.17) is 74.3 Å². The number of benzene rings is 1. The number of nitrogens with zero attached hydrogens (tertiary/aromatic N) is 3. The number of halogens is 6. The fraction of sp³-hybridized carbons (Fsp3) is 0.375. The number of carboxylic acids is 1. The summed E-state index contributed by atoms with van der Waals surface area (Å²) < 4.78 is 0.184. The number of thioether (sulfide) groups is 1. The number of rotatable bonds is 5. The third-order valence-corrected chi connectivity index (χ3v) is 6.34. The molecule has 2 heterocycles. The summed E-state index contributed by atoms with van der Waals surface area (Å²) in [5.41, 5.74) is 0.530. The molecule has 6 nitrogen and oxygen atoms in total. The van der Waals surface area contributed by atoms with Crippen LogP contribution in [0.4, 0.5) is 0 Å². The standard InChI is InChI=1S/C16H11Cl6N3O3S/c1-14(13(26)27,9-6-28-9)29-8-4-2-7(3-5-8)10-23-11(15(17,18)19)25-12(24-10)16(20,21)22/h2-5,9H,6H2,1H3,(H,26,27). The van der Waals surface area contributed by atoms with Crippen LogP contribution in [0.15, 0.2) is 29.2 Å². The Hall–Kier alpha value is -0.250. The molecule has 156 valence electrons. The highest BCUT2D eigenvalue weighted by atomic mass is 35.6. The van der Waals surface area contributed by atoms with Gasteiger partial charge in [0, 0.05) is 10.5 Å². The summed E-state index contributed by atoms with van der Waals surface area (Å²) in [6, 6.07) is 6.80. The molecule has 1 saturated heterocycles. The zero-order valence-corrected chi connectivity index (χ0v) is 19.7. The van der Waals surface area contributed by atoms with E-state index in [-0.39, 0.29) is 23.6 Å². The van der Waals surface area contributed by atoms with E-state index < -0.39 is 18.3 Å². The third-order valence-electron chi connectivity index (χ3n) is 3.96. The van der Waals surface area contributed by atoms with Crippen molar-refractivity contribution < 1.29 is 14.6 Å². The molecule has 2 unspecified atom stereocenters. The Morgan fingerprint density at radius 2 is 1.52 bits per heavy atom. The Kier molecular flexibility index (Phi) is 6.75. The molecule has 2 aromatic rings. The highest BCUT2D eigenvalue weighted by Crippen LogP contribution is 2.43. The lowest BCUT2D eigenvalue weighted by molar-refractivity contribution is -0.139. The summed E-state index contributed by atoms with van der Waals surface area (Å²) in [4.78, 5) is 24.6. The zero-order valence-electron chi connectivity index (χ0n) is 14.4. The van der Waals surface area contributed by atoms with Crippen molar-refractivity contribution >= 4 is 87.3 Å². The largest absolute Gasteiger partial charge is 0.480 e. The van der Waals surface area contributed by atoms with Crippen molar-refractivity contribution in [1.82, 2.24) is 15.0 Å². The minimum atomic E-state index is -1.95. The van der Waals surface area contributed by atoms with Gasteiger partial charge in [0.25, 0.3) is 0 Å². The topological polar surface area (TPSA) is 88.5 Å². The van der Waals surface area contributed by atoms with Crippen molar-refractivity contribution in [3.8, 4) is 11.4 Å². The Balaban J connectivity index is 1.94. The van der Waals surface area contributed by atoms with Crippen LogP contribution in [0.3, 0.4) is 0 Å². The Morgan fingerprint density at radius 1 is 1.03 bits per heavy atom. The van der Waals surface area contributed by atoms with Crippen molar-refractivity contribution in [2.24, 2.45) is 0 Å². The molecule has 1 aromatic heterocycles. The predicted octanol–water partition coefficient (Wildman–Crippen LogP) is 5.53. The number of hydrogen-bond acceptors (Lipinski definition) is 6. The summed E-state index contributed by atoms with van der Waals surface area (Å²) in [7, 11) is 0. The number of carboxylic acid groups (broad SMARTS) is 1. The van der Waals surface area contributed by atoms with Gasteiger partial charge < -0.3 is 9.84 Å². The molecule has 3 rings (SSSR count). The highest BCUT2D eigenvalue weighted by Gasteiger charge is 2.50. The lowest BCUT2D eigenvalue weighted by atomic mass is 10.1. The first-order valence-corrected chi connectivity index (χ1v) is 10.9. The van der Waals surface area contributed by atoms with Gasteiger partial charge in [-0.1, -0.05) is 81.7 Å². The number of epoxide rings is 1. The summed E-state index contributed by atoms with van der Waals surface area (Å²) in [6.45, 7) is 2.04. The van der Waals surface area contributed by atoms with E-state index in [0.29, 0.717) is 17.1 Å². The quantitative estimate of drug-likeness (QED) is 0.305. The first-order valence-electron chi connectivity index (χ1n) is 7.85. The van der Waals surface area contributed by atoms with Gasteiger partial charge in [0.2, 0.25) is 7.59 Å². The van der Waals surface area contributed by atoms with E-state index in [1.54, 1.807) is 31.2 Å². The molecule has 0 amide bonds. The van der Waals surface area contributed by atoms with Crippen LogP contribution in [0.5, 0.6) is 0 Å². The van der Waals surface area contributed by atoms with Crippen LogP contribution < -0.4 is 0 Å². The maximum Gasteiger partial charge on any atom is 0.322 e. The number of aromatic nitrogens is 3. The molecule has 1 N–H and O–H groups in total. The van der Waals surface area contributed by atoms with Crippen LogP contribution in [0.25, 0.3) is 11.4 Å². The fourth-order valence-corrected chi connectivity index (χ4v) is 3.91. The molecule has 1 aliphatic rings. The molecule has 1 aromatic carbocycles. The van der Waals surface area contributed by atoms with Crippen LogP contribution >= 0.6 is 81.4 Å². The number of hydrogen-bond donors (Lipinski definition) is 1. The molecular formula is C16H11Cl6N3O3S.